The third kappa shape index (κ3) is 5.18. The fraction of sp³-hybridized carbons (Fsp3) is 0.192. The molecule has 9 nitrogen and oxygen atoms in total. The molecular formula is C26H25N3O6S. The number of nitrogens with two attached hydrogens (primary N) is 1. The number of carbonyl (C=O) groups is 2. The van der Waals surface area contributed by atoms with Gasteiger partial charge in [-0.25, -0.2) is 9.78 Å². The lowest BCUT2D eigenvalue weighted by atomic mass is 10.1. The van der Waals surface area contributed by atoms with Crippen LogP contribution in [0, 0.1) is 0 Å². The number of hydrogen-bond donors (Lipinski definition) is 2. The highest BCUT2D eigenvalue weighted by Gasteiger charge is 2.19. The van der Waals surface area contributed by atoms with Crippen molar-refractivity contribution < 1.29 is 28.5 Å². The SMILES string of the molecule is CCOC(=O)c1cnc(N)c2c(COc3cc(C(=O)Nc4cccc(OC)c4)ccc3OC)csc12. The maximum Gasteiger partial charge on any atom is 0.341 e. The summed E-state index contributed by atoms with van der Waals surface area (Å²) in [6.45, 7) is 2.12. The number of amides is 1. The van der Waals surface area contributed by atoms with Crippen LogP contribution in [0.2, 0.25) is 0 Å². The monoisotopic (exact) mass is 507 g/mol. The Morgan fingerprint density at radius 3 is 2.67 bits per heavy atom. The number of pyridine rings is 1. The third-order valence-corrected chi connectivity index (χ3v) is 6.39. The van der Waals surface area contributed by atoms with E-state index in [9.17, 15) is 9.59 Å². The topological polar surface area (TPSA) is 122 Å². The van der Waals surface area contributed by atoms with E-state index in [0.717, 1.165) is 5.56 Å². The molecule has 4 rings (SSSR count). The van der Waals surface area contributed by atoms with Gasteiger partial charge in [0, 0.05) is 34.5 Å². The molecule has 10 heteroatoms. The number of thiophene rings is 1. The van der Waals surface area contributed by atoms with Gasteiger partial charge in [-0.1, -0.05) is 6.07 Å². The first-order valence-corrected chi connectivity index (χ1v) is 11.9. The molecule has 0 atom stereocenters. The molecule has 0 fully saturated rings. The van der Waals surface area contributed by atoms with Crippen LogP contribution in [-0.4, -0.2) is 37.7 Å². The summed E-state index contributed by atoms with van der Waals surface area (Å²) in [5, 5.41) is 5.34. The number of nitrogens with zero attached hydrogens (tertiary/aromatic N) is 1. The number of nitrogen functional groups attached to an aromatic ring is 1. The predicted octanol–water partition coefficient (Wildman–Crippen LogP) is 4.90. The lowest BCUT2D eigenvalue weighted by Crippen LogP contribution is -2.12. The van der Waals surface area contributed by atoms with Crippen molar-refractivity contribution in [3.05, 3.63) is 70.7 Å². The van der Waals surface area contributed by atoms with Gasteiger partial charge < -0.3 is 30.0 Å². The maximum absolute atomic E-state index is 12.9. The molecular weight excluding hydrogens is 482 g/mol. The third-order valence-electron chi connectivity index (χ3n) is 5.33. The van der Waals surface area contributed by atoms with E-state index in [-0.39, 0.29) is 24.9 Å². The van der Waals surface area contributed by atoms with Gasteiger partial charge in [-0.2, -0.15) is 0 Å². The summed E-state index contributed by atoms with van der Waals surface area (Å²) in [5.41, 5.74) is 8.21. The van der Waals surface area contributed by atoms with Gasteiger partial charge >= 0.3 is 5.97 Å². The average Bonchev–Trinajstić information content (AvgIpc) is 3.32. The fourth-order valence-electron chi connectivity index (χ4n) is 3.58. The molecule has 0 spiro atoms. The van der Waals surface area contributed by atoms with Crippen molar-refractivity contribution in [1.82, 2.24) is 4.98 Å². The minimum absolute atomic E-state index is 0.121. The second-order valence-corrected chi connectivity index (χ2v) is 8.46. The molecule has 0 aliphatic heterocycles. The Hall–Kier alpha value is -4.31. The average molecular weight is 508 g/mol. The van der Waals surface area contributed by atoms with E-state index in [1.54, 1.807) is 56.5 Å². The highest BCUT2D eigenvalue weighted by atomic mass is 32.1. The molecule has 3 N–H and O–H groups in total. The summed E-state index contributed by atoms with van der Waals surface area (Å²) < 4.78 is 22.5. The first kappa shape index (κ1) is 24.8. The van der Waals surface area contributed by atoms with Crippen molar-refractivity contribution in [2.45, 2.75) is 13.5 Å². The molecule has 186 valence electrons. The molecule has 0 aliphatic carbocycles. The molecule has 0 unspecified atom stereocenters. The quantitative estimate of drug-likeness (QED) is 0.307. The number of ether oxygens (including phenoxy) is 4. The lowest BCUT2D eigenvalue weighted by Gasteiger charge is -2.13. The van der Waals surface area contributed by atoms with Crippen LogP contribution in [0.3, 0.4) is 0 Å². The standard InChI is InChI=1S/C26H25N3O6S/c1-4-34-26(31)19-12-28-24(27)22-16(14-36-23(19)22)13-35-21-10-15(8-9-20(21)33-3)25(30)29-17-6-5-7-18(11-17)32-2/h5-12,14H,4,13H2,1-3H3,(H2,27,28)(H,29,30). The number of carbonyl (C=O) groups excluding carboxylic acids is 2. The lowest BCUT2D eigenvalue weighted by molar-refractivity contribution is 0.0528. The maximum atomic E-state index is 12.9. The first-order chi connectivity index (χ1) is 17.4. The van der Waals surface area contributed by atoms with E-state index in [0.29, 0.717) is 44.1 Å². The van der Waals surface area contributed by atoms with Gasteiger partial charge in [0.25, 0.3) is 5.91 Å². The summed E-state index contributed by atoms with van der Waals surface area (Å²) in [7, 11) is 3.08. The van der Waals surface area contributed by atoms with Gasteiger partial charge in [-0.15, -0.1) is 11.3 Å². The van der Waals surface area contributed by atoms with Gasteiger partial charge in [0.15, 0.2) is 11.5 Å². The predicted molar refractivity (Wildman–Crippen MR) is 138 cm³/mol. The zero-order valence-electron chi connectivity index (χ0n) is 20.0. The summed E-state index contributed by atoms with van der Waals surface area (Å²) in [4.78, 5) is 29.3. The highest BCUT2D eigenvalue weighted by Crippen LogP contribution is 2.35. The number of anilines is 2. The van der Waals surface area contributed by atoms with Crippen LogP contribution in [0.4, 0.5) is 11.5 Å². The Balaban J connectivity index is 1.57. The number of benzene rings is 2. The zero-order chi connectivity index (χ0) is 25.7. The normalized spacial score (nSPS) is 10.6. The van der Waals surface area contributed by atoms with Crippen molar-refractivity contribution >= 4 is 44.8 Å². The Morgan fingerprint density at radius 1 is 1.08 bits per heavy atom. The second kappa shape index (κ2) is 11.0. The number of esters is 1. The van der Waals surface area contributed by atoms with Gasteiger partial charge in [-0.05, 0) is 42.6 Å². The van der Waals surface area contributed by atoms with Gasteiger partial charge in [0.05, 0.1) is 31.1 Å². The van der Waals surface area contributed by atoms with Crippen LogP contribution in [0.25, 0.3) is 10.1 Å². The zero-order valence-corrected chi connectivity index (χ0v) is 20.8. The van der Waals surface area contributed by atoms with Crippen molar-refractivity contribution in [2.75, 3.05) is 31.9 Å². The number of fused-ring (bicyclic) bond motifs is 1. The molecule has 2 heterocycles. The smallest absolute Gasteiger partial charge is 0.341 e. The number of nitrogens with one attached hydrogen (secondary N) is 1. The van der Waals surface area contributed by atoms with E-state index in [4.69, 9.17) is 24.7 Å². The minimum Gasteiger partial charge on any atom is -0.497 e. The van der Waals surface area contributed by atoms with Crippen molar-refractivity contribution in [1.29, 1.82) is 0 Å². The summed E-state index contributed by atoms with van der Waals surface area (Å²) in [5.74, 6) is 0.990. The van der Waals surface area contributed by atoms with Crippen molar-refractivity contribution in [3.63, 3.8) is 0 Å². The molecule has 4 aromatic rings. The number of rotatable bonds is 9. The van der Waals surface area contributed by atoms with Gasteiger partial charge in [0.2, 0.25) is 0 Å². The van der Waals surface area contributed by atoms with Gasteiger partial charge in [-0.3, -0.25) is 4.79 Å². The van der Waals surface area contributed by atoms with Crippen LogP contribution in [-0.2, 0) is 11.3 Å². The van der Waals surface area contributed by atoms with Crippen molar-refractivity contribution in [3.8, 4) is 17.2 Å². The molecule has 2 aromatic carbocycles. The van der Waals surface area contributed by atoms with E-state index >= 15 is 0 Å². The van der Waals surface area contributed by atoms with E-state index in [1.165, 1.54) is 24.6 Å². The minimum atomic E-state index is -0.458. The molecule has 36 heavy (non-hydrogen) atoms. The Bertz CT molecular complexity index is 1420. The summed E-state index contributed by atoms with van der Waals surface area (Å²) >= 11 is 1.36. The molecule has 0 bridgehead atoms. The molecule has 0 saturated heterocycles. The summed E-state index contributed by atoms with van der Waals surface area (Å²) in [6, 6.07) is 12.0. The molecule has 1 amide bonds. The van der Waals surface area contributed by atoms with E-state index < -0.39 is 5.97 Å². The van der Waals surface area contributed by atoms with Crippen LogP contribution in [0.1, 0.15) is 33.2 Å². The Morgan fingerprint density at radius 2 is 1.92 bits per heavy atom. The number of methoxy groups -OCH3 is 2. The highest BCUT2D eigenvalue weighted by molar-refractivity contribution is 7.17. The van der Waals surface area contributed by atoms with Crippen LogP contribution >= 0.6 is 11.3 Å². The number of hydrogen-bond acceptors (Lipinski definition) is 9. The second-order valence-electron chi connectivity index (χ2n) is 7.58. The fourth-order valence-corrected chi connectivity index (χ4v) is 4.64. The first-order valence-electron chi connectivity index (χ1n) is 11.0. The van der Waals surface area contributed by atoms with E-state index in [1.807, 2.05) is 5.38 Å². The molecule has 0 aliphatic rings. The summed E-state index contributed by atoms with van der Waals surface area (Å²) in [6.07, 6.45) is 1.42. The molecule has 2 aromatic heterocycles. The van der Waals surface area contributed by atoms with Crippen LogP contribution in [0.5, 0.6) is 17.2 Å². The largest absolute Gasteiger partial charge is 0.497 e. The van der Waals surface area contributed by atoms with Crippen LogP contribution < -0.4 is 25.3 Å². The van der Waals surface area contributed by atoms with Crippen molar-refractivity contribution in [2.24, 2.45) is 0 Å². The van der Waals surface area contributed by atoms with E-state index in [2.05, 4.69) is 10.3 Å². The Kier molecular flexibility index (Phi) is 7.55. The molecule has 0 saturated carbocycles. The Labute approximate surface area is 211 Å². The van der Waals surface area contributed by atoms with Gasteiger partial charge in [0.1, 0.15) is 18.2 Å². The number of aromatic nitrogens is 1. The molecule has 0 radical (unpaired) electrons. The van der Waals surface area contributed by atoms with Crippen LogP contribution in [0.15, 0.2) is 54.0 Å².